The van der Waals surface area contributed by atoms with Gasteiger partial charge in [-0.05, 0) is 62.1 Å². The lowest BCUT2D eigenvalue weighted by Gasteiger charge is -2.26. The molecule has 0 saturated heterocycles. The number of para-hydroxylation sites is 3. The molecule has 0 radical (unpaired) electrons. The molecule has 256 valence electrons. The number of nitrogens with one attached hydrogen (secondary N) is 3. The van der Waals surface area contributed by atoms with E-state index in [9.17, 15) is 23.6 Å². The van der Waals surface area contributed by atoms with Crippen LogP contribution in [0.1, 0.15) is 50.4 Å². The van der Waals surface area contributed by atoms with E-state index in [1.54, 1.807) is 68.6 Å². The van der Waals surface area contributed by atoms with E-state index >= 15 is 0 Å². The predicted molar refractivity (Wildman–Crippen MR) is 177 cm³/mol. The van der Waals surface area contributed by atoms with Crippen LogP contribution in [0.25, 0.3) is 0 Å². The second kappa shape index (κ2) is 17.1. The van der Waals surface area contributed by atoms with E-state index in [4.69, 9.17) is 14.2 Å². The summed E-state index contributed by atoms with van der Waals surface area (Å²) in [6, 6.07) is 17.2. The first-order valence-electron chi connectivity index (χ1n) is 16.0. The molecule has 0 saturated carbocycles. The van der Waals surface area contributed by atoms with Gasteiger partial charge in [-0.2, -0.15) is 0 Å². The molecule has 3 aromatic carbocycles. The van der Waals surface area contributed by atoms with Crippen LogP contribution in [0, 0.1) is 11.7 Å². The van der Waals surface area contributed by atoms with Crippen molar-refractivity contribution in [3.8, 4) is 23.0 Å². The molecule has 12 heteroatoms. The van der Waals surface area contributed by atoms with Crippen molar-refractivity contribution in [1.29, 1.82) is 0 Å². The summed E-state index contributed by atoms with van der Waals surface area (Å²) in [7, 11) is 1.64. The Labute approximate surface area is 280 Å². The summed E-state index contributed by atoms with van der Waals surface area (Å²) < 4.78 is 32.2. The minimum Gasteiger partial charge on any atom is -0.491 e. The highest BCUT2D eigenvalue weighted by Gasteiger charge is 2.29. The Morgan fingerprint density at radius 1 is 1.00 bits per heavy atom. The van der Waals surface area contributed by atoms with E-state index in [1.165, 1.54) is 17.0 Å². The summed E-state index contributed by atoms with van der Waals surface area (Å²) in [5.74, 6) is -1.49. The zero-order chi connectivity index (χ0) is 34.6. The molecule has 0 aliphatic carbocycles. The van der Waals surface area contributed by atoms with Crippen LogP contribution in [0.2, 0.25) is 0 Å². The van der Waals surface area contributed by atoms with Gasteiger partial charge >= 0.3 is 0 Å². The van der Waals surface area contributed by atoms with Gasteiger partial charge in [0.25, 0.3) is 5.91 Å². The smallest absolute Gasteiger partial charge is 0.255 e. The molecule has 3 atom stereocenters. The molecule has 0 fully saturated rings. The van der Waals surface area contributed by atoms with Crippen molar-refractivity contribution >= 4 is 23.6 Å². The molecule has 0 aromatic heterocycles. The van der Waals surface area contributed by atoms with Crippen LogP contribution in [0.4, 0.5) is 4.39 Å². The first-order chi connectivity index (χ1) is 23.0. The van der Waals surface area contributed by atoms with Crippen LogP contribution in [0.3, 0.4) is 0 Å². The number of likely N-dealkylation sites (N-methyl/N-ethyl adjacent to an activating group) is 1. The first kappa shape index (κ1) is 35.7. The third kappa shape index (κ3) is 10.2. The SMILES string of the molecule is CC(C)C[C@@H]1NC(=O)CC[C@@H](C(=O)N[C@H](C)COc2cccc(F)c2Oc2ccccc2)NC(=O)c2ccccc2OCCN(C)C1=O. The van der Waals surface area contributed by atoms with Gasteiger partial charge in [-0.15, -0.1) is 0 Å². The summed E-state index contributed by atoms with van der Waals surface area (Å²) in [5, 5.41) is 8.38. The first-order valence-corrected chi connectivity index (χ1v) is 16.0. The fourth-order valence-corrected chi connectivity index (χ4v) is 5.10. The van der Waals surface area contributed by atoms with E-state index in [0.29, 0.717) is 17.9 Å². The van der Waals surface area contributed by atoms with E-state index in [-0.39, 0.29) is 61.5 Å². The maximum Gasteiger partial charge on any atom is 0.255 e. The molecule has 1 aliphatic rings. The number of halogens is 1. The van der Waals surface area contributed by atoms with Crippen molar-refractivity contribution in [3.63, 3.8) is 0 Å². The Bertz CT molecular complexity index is 1570. The van der Waals surface area contributed by atoms with Gasteiger partial charge in [0.05, 0.1) is 18.2 Å². The predicted octanol–water partition coefficient (Wildman–Crippen LogP) is 4.46. The van der Waals surface area contributed by atoms with Crippen molar-refractivity contribution < 1.29 is 37.8 Å². The van der Waals surface area contributed by atoms with Crippen molar-refractivity contribution in [2.24, 2.45) is 5.92 Å². The lowest BCUT2D eigenvalue weighted by Crippen LogP contribution is -2.51. The number of carbonyl (C=O) groups is 4. The Morgan fingerprint density at radius 2 is 1.73 bits per heavy atom. The lowest BCUT2D eigenvalue weighted by molar-refractivity contribution is -0.136. The standard InChI is InChI=1S/C36H43FN4O7/c1-23(2)21-29-36(45)41(4)19-20-46-30-15-9-8-13-26(30)34(43)40-28(17-18-32(42)39-29)35(44)38-24(3)22-47-31-16-10-14-27(37)33(31)48-25-11-6-5-7-12-25/h5-16,23-24,28-29H,17-22H2,1-4H3,(H,38,44)(H,39,42)(H,40,43)/t24-,28+,29+/m1/s1. The fourth-order valence-electron chi connectivity index (χ4n) is 5.10. The third-order valence-corrected chi connectivity index (χ3v) is 7.59. The monoisotopic (exact) mass is 662 g/mol. The summed E-state index contributed by atoms with van der Waals surface area (Å²) in [5.41, 5.74) is 0.203. The van der Waals surface area contributed by atoms with E-state index in [0.717, 1.165) is 0 Å². The molecular formula is C36H43FN4O7. The van der Waals surface area contributed by atoms with Gasteiger partial charge in [0, 0.05) is 13.5 Å². The van der Waals surface area contributed by atoms with Gasteiger partial charge in [-0.25, -0.2) is 4.39 Å². The molecule has 0 spiro atoms. The number of ether oxygens (including phenoxy) is 3. The Morgan fingerprint density at radius 3 is 2.48 bits per heavy atom. The highest BCUT2D eigenvalue weighted by Crippen LogP contribution is 2.34. The van der Waals surface area contributed by atoms with E-state index in [1.807, 2.05) is 19.9 Å². The Hall–Kier alpha value is -5.13. The quantitative estimate of drug-likeness (QED) is 0.308. The topological polar surface area (TPSA) is 135 Å². The molecule has 0 bridgehead atoms. The summed E-state index contributed by atoms with van der Waals surface area (Å²) >= 11 is 0. The largest absolute Gasteiger partial charge is 0.491 e. The second-order valence-electron chi connectivity index (χ2n) is 12.1. The van der Waals surface area contributed by atoms with Gasteiger partial charge in [-0.1, -0.05) is 50.2 Å². The minimum absolute atomic E-state index is 0.0442. The van der Waals surface area contributed by atoms with Gasteiger partial charge in [0.2, 0.25) is 23.5 Å². The molecule has 1 aliphatic heterocycles. The van der Waals surface area contributed by atoms with Crippen LogP contribution < -0.4 is 30.2 Å². The summed E-state index contributed by atoms with van der Waals surface area (Å²) in [6.45, 7) is 5.91. The molecule has 4 rings (SSSR count). The second-order valence-corrected chi connectivity index (χ2v) is 12.1. The highest BCUT2D eigenvalue weighted by molar-refractivity contribution is 6.00. The fraction of sp³-hybridized carbons (Fsp3) is 0.389. The molecule has 11 nitrogen and oxygen atoms in total. The molecule has 1 heterocycles. The number of rotatable bonds is 9. The molecule has 3 aromatic rings. The van der Waals surface area contributed by atoms with Crippen LogP contribution in [0.15, 0.2) is 72.8 Å². The molecular weight excluding hydrogens is 619 g/mol. The van der Waals surface area contributed by atoms with Gasteiger partial charge in [0.15, 0.2) is 11.6 Å². The molecule has 0 unspecified atom stereocenters. The average molecular weight is 663 g/mol. The normalized spacial score (nSPS) is 18.3. The summed E-state index contributed by atoms with van der Waals surface area (Å²) in [6.07, 6.45) is 0.258. The Kier molecular flexibility index (Phi) is 12.8. The van der Waals surface area contributed by atoms with Gasteiger partial charge in [-0.3, -0.25) is 19.2 Å². The zero-order valence-electron chi connectivity index (χ0n) is 27.7. The number of amides is 4. The van der Waals surface area contributed by atoms with Crippen LogP contribution in [-0.2, 0) is 14.4 Å². The lowest BCUT2D eigenvalue weighted by atomic mass is 10.0. The highest BCUT2D eigenvalue weighted by atomic mass is 19.1. The maximum absolute atomic E-state index is 14.7. The number of carbonyl (C=O) groups excluding carboxylic acids is 4. The average Bonchev–Trinajstić information content (AvgIpc) is 3.06. The summed E-state index contributed by atoms with van der Waals surface area (Å²) in [4.78, 5) is 54.8. The van der Waals surface area contributed by atoms with E-state index < -0.39 is 41.7 Å². The van der Waals surface area contributed by atoms with Crippen LogP contribution in [0.5, 0.6) is 23.0 Å². The van der Waals surface area contributed by atoms with Crippen molar-refractivity contribution in [2.45, 2.75) is 58.2 Å². The van der Waals surface area contributed by atoms with Crippen LogP contribution in [-0.4, -0.2) is 73.5 Å². The number of nitrogens with zero attached hydrogens (tertiary/aromatic N) is 1. The van der Waals surface area contributed by atoms with Gasteiger partial charge in [0.1, 0.15) is 36.8 Å². The number of fused-ring (bicyclic) bond motifs is 1. The zero-order valence-corrected chi connectivity index (χ0v) is 27.7. The Balaban J connectivity index is 1.49. The van der Waals surface area contributed by atoms with Crippen molar-refractivity contribution in [2.75, 3.05) is 26.8 Å². The number of hydrogen-bond acceptors (Lipinski definition) is 7. The molecule has 4 amide bonds. The van der Waals surface area contributed by atoms with E-state index in [2.05, 4.69) is 16.0 Å². The molecule has 3 N–H and O–H groups in total. The third-order valence-electron chi connectivity index (χ3n) is 7.59. The van der Waals surface area contributed by atoms with Crippen LogP contribution >= 0.6 is 0 Å². The molecule has 48 heavy (non-hydrogen) atoms. The maximum atomic E-state index is 14.7. The van der Waals surface area contributed by atoms with Crippen molar-refractivity contribution in [3.05, 3.63) is 84.2 Å². The number of benzene rings is 3. The minimum atomic E-state index is -1.11. The van der Waals surface area contributed by atoms with Gasteiger partial charge < -0.3 is 35.1 Å². The van der Waals surface area contributed by atoms with Crippen molar-refractivity contribution in [1.82, 2.24) is 20.9 Å². The number of hydrogen-bond donors (Lipinski definition) is 3.